The number of aliphatic hydroxyl groups is 4. The van der Waals surface area contributed by atoms with Gasteiger partial charge in [-0.05, 0) is 0 Å². The average molecular weight is 1010 g/mol. The molecule has 0 aliphatic carbocycles. The maximum atomic E-state index is 13.1. The van der Waals surface area contributed by atoms with Gasteiger partial charge in [-0.15, -0.1) is 0 Å². The summed E-state index contributed by atoms with van der Waals surface area (Å²) in [5.41, 5.74) is -2.75. The SMILES string of the molecule is O=c1[nH]cnc2c1ncn2[C@@H]1O[C@H](COP(=O)(O)OP(=O)(O)OP(=O)(O)O)[C@@H](OP(=O)(O)OP(=O)(O)OP(=O)(O)Oc2cn([C@@H]3O[C@H](CO)[C@@H](O)[C@H]3O)c(=O)[nH]c2=S)[C@H]1O. The number of phosphoric ester groups is 3. The molecule has 13 N–H and O–H groups in total. The van der Waals surface area contributed by atoms with Gasteiger partial charge in [-0.1, -0.05) is 12.2 Å². The van der Waals surface area contributed by atoms with Gasteiger partial charge in [0.05, 0.1) is 32.1 Å². The van der Waals surface area contributed by atoms with E-state index in [-0.39, 0.29) is 11.2 Å². The molecular formula is C19H28N6O28P6S. The molecule has 41 heteroatoms. The fourth-order valence-corrected chi connectivity index (χ4v) is 12.1. The van der Waals surface area contributed by atoms with Gasteiger partial charge in [-0.25, -0.2) is 42.2 Å². The van der Waals surface area contributed by atoms with Gasteiger partial charge in [-0.2, -0.15) is 17.2 Å². The number of imidazole rings is 1. The molecular weight excluding hydrogens is 978 g/mol. The van der Waals surface area contributed by atoms with Crippen molar-refractivity contribution >= 4 is 70.3 Å². The van der Waals surface area contributed by atoms with Crippen LogP contribution in [-0.2, 0) is 63.2 Å². The number of nitrogens with zero attached hydrogens (tertiary/aromatic N) is 4. The van der Waals surface area contributed by atoms with E-state index in [4.69, 9.17) is 36.0 Å². The molecule has 3 aromatic rings. The third-order valence-corrected chi connectivity index (χ3v) is 15.7. The third-order valence-electron chi connectivity index (χ3n) is 7.37. The summed E-state index contributed by atoms with van der Waals surface area (Å²) >= 11 is 4.82. The summed E-state index contributed by atoms with van der Waals surface area (Å²) in [6.45, 7) is -2.36. The molecule has 2 aliphatic heterocycles. The number of aliphatic hydroxyl groups excluding tert-OH is 4. The van der Waals surface area contributed by atoms with Crippen molar-refractivity contribution in [3.63, 3.8) is 0 Å². The molecule has 5 unspecified atom stereocenters. The van der Waals surface area contributed by atoms with E-state index in [1.54, 1.807) is 0 Å². The van der Waals surface area contributed by atoms with Crippen LogP contribution in [-0.4, -0.2) is 134 Å². The summed E-state index contributed by atoms with van der Waals surface area (Å²) in [5.74, 6) is -1.03. The first-order valence-corrected chi connectivity index (χ1v) is 24.6. The van der Waals surface area contributed by atoms with E-state index in [9.17, 15) is 81.9 Å². The molecule has 60 heavy (non-hydrogen) atoms. The second-order valence-electron chi connectivity index (χ2n) is 11.6. The van der Waals surface area contributed by atoms with Gasteiger partial charge in [0, 0.05) is 0 Å². The number of hydrogen-bond acceptors (Lipinski definition) is 24. The quantitative estimate of drug-likeness (QED) is 0.0457. The van der Waals surface area contributed by atoms with Crippen molar-refractivity contribution in [2.24, 2.45) is 0 Å². The van der Waals surface area contributed by atoms with Crippen LogP contribution < -0.4 is 15.8 Å². The standard InChI is InChI=1S/C19H28N6O28P6S/c26-2-7-10(27)11(28)17(46-7)24-1-6(16(60)23-19(24)31)48-56(37,38)52-59(43,44)53-57(39,40)49-13-8(3-45-55(35,36)51-58(41,42)50-54(32,33)34)47-18(12(13)29)25-5-22-9-14(25)20-4-21-15(9)30/h1,4-5,7-8,10-13,17-18,26-29H,2-3H2,(H,35,36)(H,37,38)(H,39,40)(H,41,42)(H,43,44)(H,20,21,30)(H,23,31,60)(H2,32,33,34)/t7-,8-,10-,11-,12-,13-,17-,18-/m1/s1. The van der Waals surface area contributed by atoms with Crippen LogP contribution in [0, 0.1) is 4.64 Å². The average Bonchev–Trinajstić information content (AvgIpc) is 3.72. The molecule has 338 valence electrons. The number of hydrogen-bond donors (Lipinski definition) is 13. The minimum absolute atomic E-state index is 0.348. The number of rotatable bonds is 18. The first kappa shape index (κ1) is 48.9. The summed E-state index contributed by atoms with van der Waals surface area (Å²) in [7, 11) is -36.7. The Balaban J connectivity index is 1.35. The Kier molecular flexibility index (Phi) is 14.5. The van der Waals surface area contributed by atoms with Crippen LogP contribution in [0.15, 0.2) is 28.4 Å². The Morgan fingerprint density at radius 3 is 1.95 bits per heavy atom. The van der Waals surface area contributed by atoms with Crippen molar-refractivity contribution in [3.8, 4) is 5.75 Å². The first-order valence-electron chi connectivity index (χ1n) is 15.2. The molecule has 2 fully saturated rings. The summed E-state index contributed by atoms with van der Waals surface area (Å²) in [4.78, 5) is 104. The first-order chi connectivity index (χ1) is 27.4. The van der Waals surface area contributed by atoms with E-state index in [0.29, 0.717) is 10.8 Å². The van der Waals surface area contributed by atoms with Crippen LogP contribution in [0.5, 0.6) is 5.75 Å². The summed E-state index contributed by atoms with van der Waals surface area (Å²) in [6, 6.07) is 0. The zero-order valence-electron chi connectivity index (χ0n) is 28.5. The Hall–Kier alpha value is -2.13. The number of fused-ring (bicyclic) bond motifs is 1. The van der Waals surface area contributed by atoms with E-state index in [2.05, 4.69) is 41.2 Å². The normalized spacial score (nSPS) is 29.9. The highest BCUT2D eigenvalue weighted by Crippen LogP contribution is 2.69. The molecule has 13 atom stereocenters. The second kappa shape index (κ2) is 17.8. The van der Waals surface area contributed by atoms with Crippen molar-refractivity contribution in [3.05, 3.63) is 44.3 Å². The number of ether oxygens (including phenoxy) is 2. The predicted octanol–water partition coefficient (Wildman–Crippen LogP) is -2.65. The van der Waals surface area contributed by atoms with E-state index < -0.39 is 131 Å². The van der Waals surface area contributed by atoms with Gasteiger partial charge in [0.25, 0.3) is 5.56 Å². The molecule has 0 spiro atoms. The van der Waals surface area contributed by atoms with Gasteiger partial charge in [0.2, 0.25) is 0 Å². The molecule has 5 rings (SSSR count). The zero-order valence-corrected chi connectivity index (χ0v) is 34.7. The number of nitrogens with one attached hydrogen (secondary N) is 2. The lowest BCUT2D eigenvalue weighted by atomic mass is 10.1. The van der Waals surface area contributed by atoms with Crippen molar-refractivity contribution in [1.29, 1.82) is 0 Å². The number of H-pyrrole nitrogens is 2. The molecule has 3 aromatic heterocycles. The molecule has 0 radical (unpaired) electrons. The molecule has 5 heterocycles. The fourth-order valence-electron chi connectivity index (χ4n) is 5.15. The molecule has 34 nitrogen and oxygen atoms in total. The van der Waals surface area contributed by atoms with Crippen molar-refractivity contribution in [1.82, 2.24) is 29.1 Å². The van der Waals surface area contributed by atoms with E-state index >= 15 is 0 Å². The number of aromatic amines is 2. The van der Waals surface area contributed by atoms with E-state index in [1.807, 2.05) is 4.98 Å². The minimum Gasteiger partial charge on any atom is -0.399 e. The topological polar surface area (TPSA) is 509 Å². The van der Waals surface area contributed by atoms with Gasteiger partial charge >= 0.3 is 52.6 Å². The summed E-state index contributed by atoms with van der Waals surface area (Å²) < 4.78 is 114. The lowest BCUT2D eigenvalue weighted by Crippen LogP contribution is -2.36. The highest BCUT2D eigenvalue weighted by atomic mass is 32.1. The van der Waals surface area contributed by atoms with Crippen LogP contribution in [0.25, 0.3) is 11.2 Å². The van der Waals surface area contributed by atoms with Gasteiger partial charge < -0.3 is 68.8 Å². The Morgan fingerprint density at radius 1 is 0.750 bits per heavy atom. The summed E-state index contributed by atoms with van der Waals surface area (Å²) in [6.07, 6.45) is -13.7. The van der Waals surface area contributed by atoms with Crippen LogP contribution in [0.2, 0.25) is 0 Å². The van der Waals surface area contributed by atoms with Crippen molar-refractivity contribution < 1.29 is 122 Å². The molecule has 0 saturated carbocycles. The number of phosphoric acid groups is 6. The number of aromatic nitrogens is 6. The summed E-state index contributed by atoms with van der Waals surface area (Å²) in [5, 5.41) is 40.7. The van der Waals surface area contributed by atoms with Gasteiger partial charge in [0.15, 0.2) is 34.0 Å². The smallest absolute Gasteiger partial charge is 0.399 e. The van der Waals surface area contributed by atoms with Crippen LogP contribution in [0.4, 0.5) is 0 Å². The highest BCUT2D eigenvalue weighted by Gasteiger charge is 2.53. The van der Waals surface area contributed by atoms with Gasteiger partial charge in [0.1, 0.15) is 36.6 Å². The second-order valence-corrected chi connectivity index (χ2v) is 21.0. The Bertz CT molecular complexity index is 2580. The van der Waals surface area contributed by atoms with Crippen molar-refractivity contribution in [2.45, 2.75) is 49.1 Å². The van der Waals surface area contributed by atoms with Crippen molar-refractivity contribution in [2.75, 3.05) is 13.2 Å². The third kappa shape index (κ3) is 11.9. The maximum absolute atomic E-state index is 13.1. The maximum Gasteiger partial charge on any atom is 0.536 e. The minimum atomic E-state index is -6.41. The Morgan fingerprint density at radius 2 is 1.33 bits per heavy atom. The molecule has 0 aromatic carbocycles. The largest absolute Gasteiger partial charge is 0.536 e. The Labute approximate surface area is 333 Å². The highest BCUT2D eigenvalue weighted by molar-refractivity contribution is 7.71. The monoisotopic (exact) mass is 1010 g/mol. The van der Waals surface area contributed by atoms with Gasteiger partial charge in [-0.3, -0.25) is 32.9 Å². The lowest BCUT2D eigenvalue weighted by molar-refractivity contribution is -0.0551. The van der Waals surface area contributed by atoms with E-state index in [0.717, 1.165) is 17.2 Å². The zero-order chi connectivity index (χ0) is 45.0. The molecule has 2 aliphatic rings. The molecule has 0 bridgehead atoms. The fraction of sp³-hybridized carbons (Fsp3) is 0.526. The molecule has 0 amide bonds. The lowest BCUT2D eigenvalue weighted by Gasteiger charge is -2.24. The van der Waals surface area contributed by atoms with Crippen LogP contribution in [0.3, 0.4) is 0 Å². The van der Waals surface area contributed by atoms with Crippen LogP contribution >= 0.6 is 59.2 Å². The van der Waals surface area contributed by atoms with E-state index in [1.165, 1.54) is 0 Å². The predicted molar refractivity (Wildman–Crippen MR) is 184 cm³/mol. The van der Waals surface area contributed by atoms with Crippen LogP contribution in [0.1, 0.15) is 12.5 Å². The molecule has 2 saturated heterocycles.